The fourth-order valence-corrected chi connectivity index (χ4v) is 4.33. The van der Waals surface area contributed by atoms with Crippen molar-refractivity contribution in [3.63, 3.8) is 0 Å². The van der Waals surface area contributed by atoms with Gasteiger partial charge in [-0.25, -0.2) is 4.79 Å². The number of rotatable bonds is 1. The SMILES string of the molecule is C[C@@H]1CC(=O)C[C@@]2(C)[C@H](c3ccoc3)OC(=O)[C@H]3O[C@]132. The fraction of sp³-hybridized carbons (Fsp3) is 0.600. The Morgan fingerprint density at radius 2 is 2.10 bits per heavy atom. The number of ether oxygens (including phenoxy) is 2. The Balaban J connectivity index is 1.85. The van der Waals surface area contributed by atoms with Crippen molar-refractivity contribution in [1.29, 1.82) is 0 Å². The smallest absolute Gasteiger partial charge is 0.339 e. The zero-order valence-electron chi connectivity index (χ0n) is 11.4. The minimum absolute atomic E-state index is 0.0287. The van der Waals surface area contributed by atoms with E-state index in [0.717, 1.165) is 5.56 Å². The van der Waals surface area contributed by atoms with Crippen molar-refractivity contribution >= 4 is 11.8 Å². The van der Waals surface area contributed by atoms with E-state index in [1.807, 2.05) is 13.8 Å². The van der Waals surface area contributed by atoms with Crippen molar-refractivity contribution in [2.75, 3.05) is 0 Å². The molecule has 0 bridgehead atoms. The summed E-state index contributed by atoms with van der Waals surface area (Å²) in [6.07, 6.45) is 2.96. The zero-order valence-corrected chi connectivity index (χ0v) is 11.4. The summed E-state index contributed by atoms with van der Waals surface area (Å²) in [5, 5.41) is 0. The van der Waals surface area contributed by atoms with Crippen LogP contribution in [0.15, 0.2) is 23.0 Å². The molecule has 1 aliphatic carbocycles. The Kier molecular flexibility index (Phi) is 2.14. The van der Waals surface area contributed by atoms with E-state index < -0.39 is 23.2 Å². The Hall–Kier alpha value is -1.62. The van der Waals surface area contributed by atoms with Crippen LogP contribution in [0.1, 0.15) is 38.4 Å². The molecule has 0 amide bonds. The maximum Gasteiger partial charge on any atom is 0.339 e. The molecule has 3 aliphatic rings. The van der Waals surface area contributed by atoms with Crippen LogP contribution in [0.3, 0.4) is 0 Å². The van der Waals surface area contributed by atoms with Gasteiger partial charge in [0.15, 0.2) is 6.10 Å². The molecule has 0 N–H and O–H groups in total. The molecule has 0 aromatic carbocycles. The second-order valence-corrected chi connectivity index (χ2v) is 6.40. The number of epoxide rings is 1. The van der Waals surface area contributed by atoms with Gasteiger partial charge in [-0.1, -0.05) is 13.8 Å². The lowest BCUT2D eigenvalue weighted by Crippen LogP contribution is -2.56. The van der Waals surface area contributed by atoms with E-state index in [1.54, 1.807) is 18.6 Å². The van der Waals surface area contributed by atoms with Gasteiger partial charge in [-0.2, -0.15) is 0 Å². The van der Waals surface area contributed by atoms with Crippen LogP contribution in [0.5, 0.6) is 0 Å². The van der Waals surface area contributed by atoms with Crippen LogP contribution >= 0.6 is 0 Å². The topological polar surface area (TPSA) is 69.0 Å². The summed E-state index contributed by atoms with van der Waals surface area (Å²) in [5.41, 5.74) is -0.293. The average Bonchev–Trinajstić information content (AvgIpc) is 2.94. The molecular formula is C15H16O5. The third kappa shape index (κ3) is 1.22. The lowest BCUT2D eigenvalue weighted by Gasteiger charge is -2.48. The molecule has 5 nitrogen and oxygen atoms in total. The Morgan fingerprint density at radius 1 is 1.30 bits per heavy atom. The van der Waals surface area contributed by atoms with Gasteiger partial charge in [0, 0.05) is 23.8 Å². The molecule has 20 heavy (non-hydrogen) atoms. The molecule has 5 heteroatoms. The van der Waals surface area contributed by atoms with E-state index in [0.29, 0.717) is 12.8 Å². The maximum atomic E-state index is 12.1. The first-order valence-electron chi connectivity index (χ1n) is 6.91. The third-order valence-corrected chi connectivity index (χ3v) is 5.24. The Morgan fingerprint density at radius 3 is 2.80 bits per heavy atom. The summed E-state index contributed by atoms with van der Waals surface area (Å²) in [6.45, 7) is 3.98. The molecule has 4 rings (SSSR count). The van der Waals surface area contributed by atoms with Gasteiger partial charge in [-0.3, -0.25) is 4.79 Å². The van der Waals surface area contributed by atoms with E-state index >= 15 is 0 Å². The molecule has 5 atom stereocenters. The highest BCUT2D eigenvalue weighted by molar-refractivity contribution is 5.87. The number of carbonyl (C=O) groups is 2. The normalized spacial score (nSPS) is 46.4. The predicted octanol–water partition coefficient (Wildman–Crippen LogP) is 2.02. The second kappa shape index (κ2) is 3.52. The lowest BCUT2D eigenvalue weighted by molar-refractivity contribution is -0.175. The first-order valence-corrected chi connectivity index (χ1v) is 6.91. The Labute approximate surface area is 116 Å². The highest BCUT2D eigenvalue weighted by Crippen LogP contribution is 2.68. The first-order chi connectivity index (χ1) is 9.49. The quantitative estimate of drug-likeness (QED) is 0.580. The molecule has 1 aromatic rings. The highest BCUT2D eigenvalue weighted by atomic mass is 16.7. The van der Waals surface area contributed by atoms with Crippen LogP contribution in [0.4, 0.5) is 0 Å². The molecule has 2 aliphatic heterocycles. The number of hydrogen-bond acceptors (Lipinski definition) is 5. The molecule has 106 valence electrons. The van der Waals surface area contributed by atoms with E-state index in [-0.39, 0.29) is 17.7 Å². The van der Waals surface area contributed by atoms with Crippen molar-refractivity contribution in [1.82, 2.24) is 0 Å². The van der Waals surface area contributed by atoms with Gasteiger partial charge in [0.1, 0.15) is 17.5 Å². The molecule has 1 spiro atoms. The largest absolute Gasteiger partial charge is 0.472 e. The van der Waals surface area contributed by atoms with Gasteiger partial charge < -0.3 is 13.9 Å². The zero-order chi connectivity index (χ0) is 14.1. The number of Topliss-reactive ketones (excluding diaryl/α,β-unsaturated/α-hetero) is 1. The van der Waals surface area contributed by atoms with Gasteiger partial charge in [-0.05, 0) is 12.0 Å². The van der Waals surface area contributed by atoms with Crippen molar-refractivity contribution in [2.24, 2.45) is 11.3 Å². The number of cyclic esters (lactones) is 1. The summed E-state index contributed by atoms with van der Waals surface area (Å²) in [6, 6.07) is 1.78. The number of ketones is 1. The summed E-state index contributed by atoms with van der Waals surface area (Å²) < 4.78 is 16.5. The van der Waals surface area contributed by atoms with Crippen LogP contribution in [0.2, 0.25) is 0 Å². The van der Waals surface area contributed by atoms with E-state index in [9.17, 15) is 9.59 Å². The van der Waals surface area contributed by atoms with Crippen LogP contribution < -0.4 is 0 Å². The van der Waals surface area contributed by atoms with Gasteiger partial charge >= 0.3 is 5.97 Å². The van der Waals surface area contributed by atoms with E-state index in [4.69, 9.17) is 13.9 Å². The Bertz CT molecular complexity index is 591. The molecule has 0 radical (unpaired) electrons. The third-order valence-electron chi connectivity index (χ3n) is 5.24. The van der Waals surface area contributed by atoms with Gasteiger partial charge in [0.05, 0.1) is 12.5 Å². The monoisotopic (exact) mass is 276 g/mol. The van der Waals surface area contributed by atoms with E-state index in [2.05, 4.69) is 0 Å². The van der Waals surface area contributed by atoms with Gasteiger partial charge in [-0.15, -0.1) is 0 Å². The molecule has 3 fully saturated rings. The van der Waals surface area contributed by atoms with Crippen LogP contribution in [0, 0.1) is 11.3 Å². The predicted molar refractivity (Wildman–Crippen MR) is 66.7 cm³/mol. The summed E-state index contributed by atoms with van der Waals surface area (Å²) in [5.74, 6) is -0.0952. The van der Waals surface area contributed by atoms with E-state index in [1.165, 1.54) is 0 Å². The molecule has 1 saturated carbocycles. The molecule has 1 aromatic heterocycles. The standard InChI is InChI=1S/C15H16O5/c1-8-5-10(16)6-14(2)11(9-3-4-18-7-9)19-13(17)12-15(8,14)20-12/h3-4,7-8,11-12H,5-6H2,1-2H3/t8-,11+,12-,14+,15-/m1/s1. The lowest BCUT2D eigenvalue weighted by atomic mass is 9.56. The molecule has 0 unspecified atom stereocenters. The van der Waals surface area contributed by atoms with Gasteiger partial charge in [0.25, 0.3) is 0 Å². The van der Waals surface area contributed by atoms with Crippen molar-refractivity contribution in [3.05, 3.63) is 24.2 Å². The summed E-state index contributed by atoms with van der Waals surface area (Å²) in [4.78, 5) is 24.2. The fourth-order valence-electron chi connectivity index (χ4n) is 4.33. The average molecular weight is 276 g/mol. The molecular weight excluding hydrogens is 260 g/mol. The van der Waals surface area contributed by atoms with Crippen LogP contribution in [-0.2, 0) is 19.1 Å². The first kappa shape index (κ1) is 12.1. The van der Waals surface area contributed by atoms with Crippen LogP contribution in [-0.4, -0.2) is 23.5 Å². The number of carbonyl (C=O) groups excluding carboxylic acids is 2. The molecule has 2 saturated heterocycles. The number of furan rings is 1. The van der Waals surface area contributed by atoms with Crippen LogP contribution in [0.25, 0.3) is 0 Å². The highest BCUT2D eigenvalue weighted by Gasteiger charge is 2.80. The van der Waals surface area contributed by atoms with Crippen molar-refractivity contribution in [2.45, 2.75) is 44.5 Å². The van der Waals surface area contributed by atoms with Crippen molar-refractivity contribution < 1.29 is 23.5 Å². The minimum atomic E-state index is -0.557. The van der Waals surface area contributed by atoms with Crippen molar-refractivity contribution in [3.8, 4) is 0 Å². The number of hydrogen-bond donors (Lipinski definition) is 0. The molecule has 3 heterocycles. The summed E-state index contributed by atoms with van der Waals surface area (Å²) in [7, 11) is 0. The second-order valence-electron chi connectivity index (χ2n) is 6.40. The minimum Gasteiger partial charge on any atom is -0.472 e. The maximum absolute atomic E-state index is 12.1. The summed E-state index contributed by atoms with van der Waals surface area (Å²) >= 11 is 0. The van der Waals surface area contributed by atoms with Gasteiger partial charge in [0.2, 0.25) is 0 Å². The number of esters is 1.